The summed E-state index contributed by atoms with van der Waals surface area (Å²) in [6, 6.07) is 15.9. The van der Waals surface area contributed by atoms with Crippen molar-refractivity contribution in [1.82, 2.24) is 30.2 Å². The van der Waals surface area contributed by atoms with Crippen molar-refractivity contribution in [3.05, 3.63) is 66.0 Å². The average Bonchev–Trinajstić information content (AvgIpc) is 3.52. The minimum Gasteiger partial charge on any atom is -0.507 e. The maximum absolute atomic E-state index is 12.7. The normalized spacial score (nSPS) is 23.3. The lowest BCUT2D eigenvalue weighted by atomic mass is 9.80. The summed E-state index contributed by atoms with van der Waals surface area (Å²) in [6.07, 6.45) is 9.35. The number of piperidine rings is 2. The van der Waals surface area contributed by atoms with E-state index >= 15 is 0 Å². The number of imide groups is 1. The minimum absolute atomic E-state index is 0.150. The molecule has 12 heteroatoms. The van der Waals surface area contributed by atoms with Crippen LogP contribution < -0.4 is 20.7 Å². The molecule has 0 radical (unpaired) electrons. The number of nitrogens with two attached hydrogens (primary N) is 1. The fraction of sp³-hybridized carbons (Fsp3) is 0.447. The van der Waals surface area contributed by atoms with Crippen molar-refractivity contribution in [2.45, 2.75) is 82.3 Å². The lowest BCUT2D eigenvalue weighted by molar-refractivity contribution is -0.134. The molecular formula is C38H44N8O4. The molecule has 12 nitrogen and oxygen atoms in total. The van der Waals surface area contributed by atoms with Crippen LogP contribution in [0.4, 0.5) is 11.5 Å². The van der Waals surface area contributed by atoms with E-state index in [1.807, 2.05) is 24.4 Å². The van der Waals surface area contributed by atoms with Crippen LogP contribution in [0.3, 0.4) is 0 Å². The number of benzene rings is 2. The molecule has 1 aliphatic carbocycles. The van der Waals surface area contributed by atoms with Gasteiger partial charge in [-0.2, -0.15) is 5.10 Å². The van der Waals surface area contributed by atoms with Gasteiger partial charge in [0.1, 0.15) is 24.1 Å². The van der Waals surface area contributed by atoms with Gasteiger partial charge in [0.05, 0.1) is 30.2 Å². The summed E-state index contributed by atoms with van der Waals surface area (Å²) in [5, 5.41) is 26.2. The maximum Gasteiger partial charge on any atom is 0.249 e. The number of rotatable bonds is 6. The quantitative estimate of drug-likeness (QED) is 0.239. The number of aromatic hydroxyl groups is 1. The zero-order valence-corrected chi connectivity index (χ0v) is 28.4. The van der Waals surface area contributed by atoms with Crippen LogP contribution in [0.2, 0.25) is 0 Å². The second-order valence-electron chi connectivity index (χ2n) is 14.1. The largest absolute Gasteiger partial charge is 0.507 e. The molecule has 0 bridgehead atoms. The van der Waals surface area contributed by atoms with E-state index in [9.17, 15) is 14.7 Å². The molecule has 1 atom stereocenters. The molecule has 4 aromatic rings. The van der Waals surface area contributed by atoms with Crippen molar-refractivity contribution in [2.24, 2.45) is 0 Å². The van der Waals surface area contributed by atoms with Crippen LogP contribution in [-0.4, -0.2) is 80.1 Å². The summed E-state index contributed by atoms with van der Waals surface area (Å²) < 4.78 is 8.43. The first kappa shape index (κ1) is 32.2. The average molecular weight is 677 g/mol. The van der Waals surface area contributed by atoms with Gasteiger partial charge in [0.15, 0.2) is 5.82 Å². The van der Waals surface area contributed by atoms with Gasteiger partial charge in [-0.3, -0.25) is 19.6 Å². The van der Waals surface area contributed by atoms with E-state index in [0.29, 0.717) is 61.1 Å². The molecule has 50 heavy (non-hydrogen) atoms. The molecule has 4 aliphatic rings. The van der Waals surface area contributed by atoms with Gasteiger partial charge in [0.2, 0.25) is 11.8 Å². The highest BCUT2D eigenvalue weighted by Gasteiger charge is 2.37. The number of para-hydroxylation sites is 2. The number of likely N-dealkylation sites (tertiary alicyclic amines) is 1. The van der Waals surface area contributed by atoms with Crippen LogP contribution in [-0.2, 0) is 9.59 Å². The third-order valence-corrected chi connectivity index (χ3v) is 11.3. The Balaban J connectivity index is 0.900. The van der Waals surface area contributed by atoms with Gasteiger partial charge in [-0.1, -0.05) is 24.3 Å². The fourth-order valence-electron chi connectivity index (χ4n) is 8.66. The fourth-order valence-corrected chi connectivity index (χ4v) is 8.66. The van der Waals surface area contributed by atoms with Crippen molar-refractivity contribution >= 4 is 23.3 Å². The summed E-state index contributed by atoms with van der Waals surface area (Å²) in [5.74, 6) is 1.43. The number of phenols is 1. The predicted octanol–water partition coefficient (Wildman–Crippen LogP) is 4.97. The Morgan fingerprint density at radius 3 is 2.46 bits per heavy atom. The van der Waals surface area contributed by atoms with Crippen molar-refractivity contribution in [3.63, 3.8) is 0 Å². The Morgan fingerprint density at radius 2 is 1.68 bits per heavy atom. The number of fused-ring (bicyclic) bond motifs is 1. The van der Waals surface area contributed by atoms with E-state index in [4.69, 9.17) is 15.6 Å². The first-order valence-electron chi connectivity index (χ1n) is 17.9. The molecule has 2 amide bonds. The number of carbonyl (C=O) groups is 2. The molecule has 8 rings (SSSR count). The monoisotopic (exact) mass is 676 g/mol. The number of nitrogens with one attached hydrogen (secondary N) is 1. The highest BCUT2D eigenvalue weighted by Crippen LogP contribution is 2.45. The van der Waals surface area contributed by atoms with Crippen molar-refractivity contribution in [2.75, 3.05) is 36.9 Å². The molecule has 0 spiro atoms. The van der Waals surface area contributed by atoms with E-state index in [0.717, 1.165) is 79.9 Å². The molecule has 0 unspecified atom stereocenters. The third-order valence-electron chi connectivity index (χ3n) is 11.3. The second-order valence-corrected chi connectivity index (χ2v) is 14.1. The van der Waals surface area contributed by atoms with E-state index in [-0.39, 0.29) is 23.6 Å². The van der Waals surface area contributed by atoms with Crippen LogP contribution in [0.25, 0.3) is 22.4 Å². The topological polar surface area (TPSA) is 152 Å². The molecule has 4 N–H and O–H groups in total. The molecular weight excluding hydrogens is 632 g/mol. The molecule has 5 heterocycles. The highest BCUT2D eigenvalue weighted by molar-refractivity contribution is 6.02. The number of aromatic nitrogens is 4. The van der Waals surface area contributed by atoms with Crippen molar-refractivity contribution < 1.29 is 19.4 Å². The van der Waals surface area contributed by atoms with Gasteiger partial charge in [-0.05, 0) is 87.6 Å². The summed E-state index contributed by atoms with van der Waals surface area (Å²) in [4.78, 5) is 29.3. The summed E-state index contributed by atoms with van der Waals surface area (Å²) in [7, 11) is 0. The minimum atomic E-state index is -0.338. The van der Waals surface area contributed by atoms with E-state index < -0.39 is 0 Å². The Bertz CT molecular complexity index is 1910. The zero-order valence-electron chi connectivity index (χ0n) is 28.4. The van der Waals surface area contributed by atoms with Gasteiger partial charge in [0, 0.05) is 47.9 Å². The Kier molecular flexibility index (Phi) is 8.64. The van der Waals surface area contributed by atoms with Crippen LogP contribution >= 0.6 is 0 Å². The lowest BCUT2D eigenvalue weighted by Gasteiger charge is -2.42. The number of phenolic OH excluding ortho intramolecular Hbond substituents is 1. The molecule has 3 fully saturated rings. The van der Waals surface area contributed by atoms with E-state index in [1.54, 1.807) is 12.1 Å². The molecule has 260 valence electrons. The summed E-state index contributed by atoms with van der Waals surface area (Å²) >= 11 is 0. The number of amides is 2. The smallest absolute Gasteiger partial charge is 0.249 e. The first-order chi connectivity index (χ1) is 24.4. The van der Waals surface area contributed by atoms with E-state index in [1.165, 1.54) is 5.56 Å². The summed E-state index contributed by atoms with van der Waals surface area (Å²) in [6.45, 7) is 5.34. The Hall–Kier alpha value is -4.97. The number of anilines is 2. The lowest BCUT2D eigenvalue weighted by Crippen LogP contribution is -2.54. The second kappa shape index (κ2) is 13.4. The first-order valence-corrected chi connectivity index (χ1v) is 17.9. The Morgan fingerprint density at radius 1 is 0.880 bits per heavy atom. The molecule has 1 saturated carbocycles. The molecule has 2 aromatic carbocycles. The standard InChI is InChI=1S/C38H44N8O4/c1-23-30(29-21-31(42-43-37(29)39)28-5-2-3-8-34(28)47)22-40-46(23)26-15-17-44(18-16-26)25-11-9-24(10-12-25)27-6-4-7-32-36(27)50-20-19-45(32)33-13-14-35(48)41-38(33)49/h2-8,21-22,24-26,33,47H,9-20H2,1H3,(H2,39,43)(H,41,48,49)/t24-,25-,33-/m0/s1. The third kappa shape index (κ3) is 5.95. The van der Waals surface area contributed by atoms with Crippen molar-refractivity contribution in [1.29, 1.82) is 0 Å². The SMILES string of the molecule is Cc1c(-c2cc(-c3ccccc3O)nnc2N)cnn1C1CCN([C@H]2CC[C@H](c3cccc4c3OCCN4[C@H]3CCC(=O)NC3=O)CC2)CC1. The Labute approximate surface area is 291 Å². The number of nitrogen functional groups attached to an aromatic ring is 1. The van der Waals surface area contributed by atoms with Crippen LogP contribution in [0, 0.1) is 6.92 Å². The highest BCUT2D eigenvalue weighted by atomic mass is 16.5. The van der Waals surface area contributed by atoms with Crippen LogP contribution in [0.1, 0.15) is 74.6 Å². The molecule has 2 aromatic heterocycles. The van der Waals surface area contributed by atoms with Gasteiger partial charge in [0.25, 0.3) is 0 Å². The number of carbonyl (C=O) groups excluding carboxylic acids is 2. The van der Waals surface area contributed by atoms with Crippen molar-refractivity contribution in [3.8, 4) is 33.9 Å². The van der Waals surface area contributed by atoms with Gasteiger partial charge >= 0.3 is 0 Å². The van der Waals surface area contributed by atoms with Gasteiger partial charge < -0.3 is 25.4 Å². The number of ether oxygens (including phenoxy) is 1. The number of hydrogen-bond donors (Lipinski definition) is 3. The van der Waals surface area contributed by atoms with Crippen LogP contribution in [0.5, 0.6) is 11.5 Å². The summed E-state index contributed by atoms with van der Waals surface area (Å²) in [5.41, 5.74) is 12.5. The number of hydrogen-bond acceptors (Lipinski definition) is 10. The molecule has 2 saturated heterocycles. The number of nitrogens with zero attached hydrogens (tertiary/aromatic N) is 6. The predicted molar refractivity (Wildman–Crippen MR) is 190 cm³/mol. The van der Waals surface area contributed by atoms with E-state index in [2.05, 4.69) is 55.1 Å². The maximum atomic E-state index is 12.7. The molecule has 3 aliphatic heterocycles. The van der Waals surface area contributed by atoms with Gasteiger partial charge in [-0.15, -0.1) is 10.2 Å². The van der Waals surface area contributed by atoms with Gasteiger partial charge in [-0.25, -0.2) is 0 Å². The zero-order chi connectivity index (χ0) is 34.4. The van der Waals surface area contributed by atoms with Crippen LogP contribution in [0.15, 0.2) is 54.7 Å².